The molecule has 2 aromatic rings. The summed E-state index contributed by atoms with van der Waals surface area (Å²) in [6.45, 7) is 0.452. The van der Waals surface area contributed by atoms with E-state index in [1.54, 1.807) is 56.6 Å². The van der Waals surface area contributed by atoms with Gasteiger partial charge in [-0.25, -0.2) is 0 Å². The molecule has 0 aliphatic heterocycles. The van der Waals surface area contributed by atoms with Gasteiger partial charge in [0.2, 0.25) is 0 Å². The molecular formula is C17H20N2O3. The molecule has 0 saturated carbocycles. The lowest BCUT2D eigenvalue weighted by Crippen LogP contribution is -2.17. The molecule has 1 atom stereocenters. The quantitative estimate of drug-likeness (QED) is 0.765. The first-order chi connectivity index (χ1) is 10.6. The van der Waals surface area contributed by atoms with E-state index in [1.165, 1.54) is 0 Å². The highest BCUT2D eigenvalue weighted by Gasteiger charge is 2.10. The van der Waals surface area contributed by atoms with E-state index in [0.717, 1.165) is 5.56 Å². The summed E-state index contributed by atoms with van der Waals surface area (Å²) in [5, 5.41) is 15.7. The van der Waals surface area contributed by atoms with Crippen molar-refractivity contribution >= 4 is 11.6 Å². The number of aliphatic hydroxyl groups excluding tert-OH is 1. The number of ether oxygens (including phenoxy) is 1. The van der Waals surface area contributed by atoms with Gasteiger partial charge in [-0.2, -0.15) is 0 Å². The van der Waals surface area contributed by atoms with Crippen LogP contribution in [0.2, 0.25) is 0 Å². The van der Waals surface area contributed by atoms with E-state index in [4.69, 9.17) is 4.74 Å². The molecule has 0 saturated heterocycles. The highest BCUT2D eigenvalue weighted by Crippen LogP contribution is 2.19. The van der Waals surface area contributed by atoms with Crippen molar-refractivity contribution < 1.29 is 14.6 Å². The maximum absolute atomic E-state index is 12.2. The number of carbonyl (C=O) groups excluding carboxylic acids is 1. The lowest BCUT2D eigenvalue weighted by atomic mass is 10.1. The van der Waals surface area contributed by atoms with E-state index >= 15 is 0 Å². The average molecular weight is 300 g/mol. The fourth-order valence-electron chi connectivity index (χ4n) is 2.10. The normalized spacial score (nSPS) is 11.8. The van der Waals surface area contributed by atoms with Crippen molar-refractivity contribution in [1.29, 1.82) is 0 Å². The molecule has 0 fully saturated rings. The molecule has 0 radical (unpaired) electrons. The van der Waals surface area contributed by atoms with Crippen LogP contribution in [-0.2, 0) is 0 Å². The van der Waals surface area contributed by atoms with E-state index < -0.39 is 6.10 Å². The Morgan fingerprint density at radius 1 is 1.23 bits per heavy atom. The Morgan fingerprint density at radius 3 is 2.73 bits per heavy atom. The summed E-state index contributed by atoms with van der Waals surface area (Å²) in [4.78, 5) is 12.2. The maximum Gasteiger partial charge on any atom is 0.255 e. The number of hydrogen-bond acceptors (Lipinski definition) is 4. The molecule has 1 unspecified atom stereocenters. The number of carbonyl (C=O) groups is 1. The van der Waals surface area contributed by atoms with Crippen LogP contribution in [-0.4, -0.2) is 31.7 Å². The third-order valence-electron chi connectivity index (χ3n) is 3.26. The van der Waals surface area contributed by atoms with Crippen LogP contribution in [0.1, 0.15) is 22.0 Å². The smallest absolute Gasteiger partial charge is 0.255 e. The number of benzene rings is 2. The summed E-state index contributed by atoms with van der Waals surface area (Å²) in [5.74, 6) is 0.407. The fourth-order valence-corrected chi connectivity index (χ4v) is 2.10. The predicted octanol–water partition coefficient (Wildman–Crippen LogP) is 2.20. The second-order valence-electron chi connectivity index (χ2n) is 4.89. The standard InChI is InChI=1S/C17H20N2O3/c1-18-11-16(20)12-5-3-7-14(9-12)19-17(21)13-6-4-8-15(10-13)22-2/h3-10,16,18,20H,11H2,1-2H3,(H,19,21). The van der Waals surface area contributed by atoms with Crippen molar-refractivity contribution in [3.05, 3.63) is 59.7 Å². The third kappa shape index (κ3) is 4.07. The van der Waals surface area contributed by atoms with Gasteiger partial charge in [-0.3, -0.25) is 4.79 Å². The summed E-state index contributed by atoms with van der Waals surface area (Å²) in [7, 11) is 3.33. The number of aliphatic hydroxyl groups is 1. The van der Waals surface area contributed by atoms with Gasteiger partial charge < -0.3 is 20.5 Å². The van der Waals surface area contributed by atoms with Gasteiger partial charge in [0.15, 0.2) is 0 Å². The second-order valence-corrected chi connectivity index (χ2v) is 4.89. The molecule has 1 amide bonds. The minimum atomic E-state index is -0.612. The molecular weight excluding hydrogens is 280 g/mol. The molecule has 0 bridgehead atoms. The molecule has 2 rings (SSSR count). The van der Waals surface area contributed by atoms with Gasteiger partial charge in [0.05, 0.1) is 13.2 Å². The summed E-state index contributed by atoms with van der Waals surface area (Å²) in [6, 6.07) is 14.1. The van der Waals surface area contributed by atoms with Crippen molar-refractivity contribution in [2.75, 3.05) is 26.0 Å². The number of amides is 1. The highest BCUT2D eigenvalue weighted by molar-refractivity contribution is 6.04. The van der Waals surface area contributed by atoms with Crippen molar-refractivity contribution in [2.45, 2.75) is 6.10 Å². The number of anilines is 1. The third-order valence-corrected chi connectivity index (χ3v) is 3.26. The van der Waals surface area contributed by atoms with Crippen LogP contribution in [0.15, 0.2) is 48.5 Å². The minimum Gasteiger partial charge on any atom is -0.497 e. The molecule has 0 aliphatic carbocycles. The summed E-state index contributed by atoms with van der Waals surface area (Å²) < 4.78 is 5.11. The first kappa shape index (κ1) is 16.0. The minimum absolute atomic E-state index is 0.223. The molecule has 2 aromatic carbocycles. The van der Waals surface area contributed by atoms with Crippen LogP contribution in [0, 0.1) is 0 Å². The molecule has 5 nitrogen and oxygen atoms in total. The summed E-state index contributed by atoms with van der Waals surface area (Å²) in [5.41, 5.74) is 1.90. The van der Waals surface area contributed by atoms with Crippen molar-refractivity contribution in [3.63, 3.8) is 0 Å². The monoisotopic (exact) mass is 300 g/mol. The Balaban J connectivity index is 2.12. The van der Waals surface area contributed by atoms with Crippen LogP contribution in [0.25, 0.3) is 0 Å². The molecule has 116 valence electrons. The fraction of sp³-hybridized carbons (Fsp3) is 0.235. The van der Waals surface area contributed by atoms with Gasteiger partial charge in [0.25, 0.3) is 5.91 Å². The van der Waals surface area contributed by atoms with Gasteiger partial charge in [-0.15, -0.1) is 0 Å². The van der Waals surface area contributed by atoms with E-state index in [0.29, 0.717) is 23.5 Å². The Morgan fingerprint density at radius 2 is 2.00 bits per heavy atom. The molecule has 0 aromatic heterocycles. The molecule has 0 aliphatic rings. The largest absolute Gasteiger partial charge is 0.497 e. The second kappa shape index (κ2) is 7.59. The van der Waals surface area contributed by atoms with Crippen LogP contribution in [0.5, 0.6) is 5.75 Å². The zero-order valence-electron chi connectivity index (χ0n) is 12.7. The molecule has 3 N–H and O–H groups in total. The van der Waals surface area contributed by atoms with E-state index in [1.807, 2.05) is 6.07 Å². The van der Waals surface area contributed by atoms with Gasteiger partial charge in [0.1, 0.15) is 5.75 Å². The first-order valence-electron chi connectivity index (χ1n) is 7.02. The van der Waals surface area contributed by atoms with Gasteiger partial charge >= 0.3 is 0 Å². The number of methoxy groups -OCH3 is 1. The van der Waals surface area contributed by atoms with Crippen LogP contribution in [0.3, 0.4) is 0 Å². The number of nitrogens with one attached hydrogen (secondary N) is 2. The summed E-state index contributed by atoms with van der Waals surface area (Å²) >= 11 is 0. The van der Waals surface area contributed by atoms with Crippen LogP contribution in [0.4, 0.5) is 5.69 Å². The predicted molar refractivity (Wildman–Crippen MR) is 86.3 cm³/mol. The Kier molecular flexibility index (Phi) is 5.52. The highest BCUT2D eigenvalue weighted by atomic mass is 16.5. The van der Waals surface area contributed by atoms with Crippen LogP contribution < -0.4 is 15.4 Å². The van der Waals surface area contributed by atoms with Gasteiger partial charge in [-0.05, 0) is 42.9 Å². The van der Waals surface area contributed by atoms with Gasteiger partial charge in [-0.1, -0.05) is 18.2 Å². The van der Waals surface area contributed by atoms with E-state index in [2.05, 4.69) is 10.6 Å². The zero-order valence-corrected chi connectivity index (χ0v) is 12.7. The number of likely N-dealkylation sites (N-methyl/N-ethyl adjacent to an activating group) is 1. The molecule has 0 spiro atoms. The van der Waals surface area contributed by atoms with Crippen molar-refractivity contribution in [1.82, 2.24) is 5.32 Å². The lowest BCUT2D eigenvalue weighted by Gasteiger charge is -2.12. The van der Waals surface area contributed by atoms with Crippen molar-refractivity contribution in [2.24, 2.45) is 0 Å². The first-order valence-corrected chi connectivity index (χ1v) is 7.02. The maximum atomic E-state index is 12.2. The Hall–Kier alpha value is -2.37. The van der Waals surface area contributed by atoms with Gasteiger partial charge in [0, 0.05) is 17.8 Å². The van der Waals surface area contributed by atoms with E-state index in [9.17, 15) is 9.90 Å². The average Bonchev–Trinajstić information content (AvgIpc) is 2.55. The van der Waals surface area contributed by atoms with E-state index in [-0.39, 0.29) is 5.91 Å². The molecule has 5 heteroatoms. The van der Waals surface area contributed by atoms with Crippen LogP contribution >= 0.6 is 0 Å². The lowest BCUT2D eigenvalue weighted by molar-refractivity contribution is 0.102. The number of hydrogen-bond donors (Lipinski definition) is 3. The SMILES string of the molecule is CNCC(O)c1cccc(NC(=O)c2cccc(OC)c2)c1. The van der Waals surface area contributed by atoms with Crippen molar-refractivity contribution in [3.8, 4) is 5.75 Å². The Bertz CT molecular complexity index is 643. The zero-order chi connectivity index (χ0) is 15.9. The molecule has 22 heavy (non-hydrogen) atoms. The molecule has 0 heterocycles. The Labute approximate surface area is 129 Å². The number of rotatable bonds is 6. The summed E-state index contributed by atoms with van der Waals surface area (Å²) in [6.07, 6.45) is -0.612. The topological polar surface area (TPSA) is 70.6 Å².